The van der Waals surface area contributed by atoms with Crippen molar-refractivity contribution in [2.45, 2.75) is 6.92 Å². The number of esters is 1. The fourth-order valence-corrected chi connectivity index (χ4v) is 6.66. The van der Waals surface area contributed by atoms with Crippen molar-refractivity contribution < 1.29 is 9.53 Å². The Bertz CT molecular complexity index is 772. The average Bonchev–Trinajstić information content (AvgIpc) is 2.68. The van der Waals surface area contributed by atoms with Crippen LogP contribution in [0.5, 0.6) is 0 Å². The summed E-state index contributed by atoms with van der Waals surface area (Å²) in [4.78, 5) is 12.5. The average molecular weight is 382 g/mol. The number of rotatable bonds is 5. The fraction of sp³-hybridized carbons (Fsp3) is 0.0909. The van der Waals surface area contributed by atoms with Gasteiger partial charge in [0.05, 0.1) is 6.61 Å². The molecule has 0 heterocycles. The number of benzene rings is 3. The van der Waals surface area contributed by atoms with Gasteiger partial charge < -0.3 is 4.74 Å². The van der Waals surface area contributed by atoms with Crippen LogP contribution in [0.3, 0.4) is 0 Å². The smallest absolute Gasteiger partial charge is 0.331 e. The van der Waals surface area contributed by atoms with Crippen molar-refractivity contribution >= 4 is 44.5 Å². The molecule has 4 heteroatoms. The van der Waals surface area contributed by atoms with Gasteiger partial charge in [-0.2, -0.15) is 9.90 Å². The number of hydrogen-bond donors (Lipinski definition) is 0. The highest BCUT2D eigenvalue weighted by atomic mass is 31.2. The van der Waals surface area contributed by atoms with E-state index < -0.39 is 6.89 Å². The van der Waals surface area contributed by atoms with E-state index in [2.05, 4.69) is 36.4 Å². The zero-order chi connectivity index (χ0) is 17.5. The van der Waals surface area contributed by atoms with Gasteiger partial charge in [-0.3, -0.25) is 0 Å². The molecule has 0 aliphatic heterocycles. The lowest BCUT2D eigenvalue weighted by Gasteiger charge is -2.28. The summed E-state index contributed by atoms with van der Waals surface area (Å²) in [5.41, 5.74) is 0. The molecule has 1 atom stereocenters. The van der Waals surface area contributed by atoms with E-state index in [4.69, 9.17) is 4.74 Å². The summed E-state index contributed by atoms with van der Waals surface area (Å²) in [6.07, 6.45) is 0. The highest BCUT2D eigenvalue weighted by molar-refractivity contribution is 7.95. The molecule has 26 heavy (non-hydrogen) atoms. The number of carbonyl (C=O) groups is 1. The van der Waals surface area contributed by atoms with E-state index in [1.807, 2.05) is 61.5 Å². The van der Waals surface area contributed by atoms with E-state index in [9.17, 15) is 4.79 Å². The lowest BCUT2D eigenvalue weighted by molar-refractivity contribution is -0.134. The van der Waals surface area contributed by atoms with Gasteiger partial charge in [0.1, 0.15) is 0 Å². The van der Waals surface area contributed by atoms with Crippen LogP contribution in [0.15, 0.2) is 91.0 Å². The van der Waals surface area contributed by atoms with E-state index >= 15 is 0 Å². The quantitative estimate of drug-likeness (QED) is 0.499. The normalized spacial score (nSPS) is 10.5. The monoisotopic (exact) mass is 382 g/mol. The summed E-state index contributed by atoms with van der Waals surface area (Å²) in [5, 5.41) is 3.42. The van der Waals surface area contributed by atoms with Gasteiger partial charge >= 0.3 is 5.97 Å². The van der Waals surface area contributed by atoms with Gasteiger partial charge in [-0.1, -0.05) is 91.0 Å². The van der Waals surface area contributed by atoms with Crippen molar-refractivity contribution in [3.63, 3.8) is 0 Å². The van der Waals surface area contributed by atoms with Crippen LogP contribution in [0.4, 0.5) is 0 Å². The molecule has 3 aromatic rings. The van der Waals surface area contributed by atoms with Crippen molar-refractivity contribution in [3.05, 3.63) is 91.0 Å². The summed E-state index contributed by atoms with van der Waals surface area (Å²) in [6, 6.07) is 30.7. The van der Waals surface area contributed by atoms with Gasteiger partial charge in [-0.05, 0) is 29.7 Å². The topological polar surface area (TPSA) is 26.3 Å². The molecule has 0 amide bonds. The molecule has 0 radical (unpaired) electrons. The first-order chi connectivity index (χ1) is 12.3. The van der Waals surface area contributed by atoms with Crippen LogP contribution < -0.4 is 15.9 Å². The number of carbonyl (C=O) groups excluding carboxylic acids is 1. The van der Waals surface area contributed by atoms with Gasteiger partial charge in [0.15, 0.2) is 0 Å². The van der Waals surface area contributed by atoms with E-state index in [0.29, 0.717) is 6.61 Å². The molecule has 0 N–H and O–H groups in total. The lowest BCUT2D eigenvalue weighted by Crippen LogP contribution is -2.29. The molecule has 3 rings (SSSR count). The Morgan fingerprint density at radius 1 is 0.769 bits per heavy atom. The molecule has 2 nitrogen and oxygen atoms in total. The van der Waals surface area contributed by atoms with Gasteiger partial charge in [0.25, 0.3) is 0 Å². The first kappa shape index (κ1) is 20.2. The Balaban J connectivity index is 0.00000243. The van der Waals surface area contributed by atoms with Crippen LogP contribution in [0.1, 0.15) is 6.92 Å². The highest BCUT2D eigenvalue weighted by Gasteiger charge is 2.26. The number of ether oxygens (including phenoxy) is 1. The summed E-state index contributed by atoms with van der Waals surface area (Å²) in [6.45, 7) is -0.0371. The molecule has 0 spiro atoms. The Morgan fingerprint density at radius 3 is 1.42 bits per heavy atom. The summed E-state index contributed by atoms with van der Waals surface area (Å²) in [7, 11) is 0. The molecular formula is C22H24O2P2. The molecule has 3 aromatic carbocycles. The minimum absolute atomic E-state index is 0. The van der Waals surface area contributed by atoms with Crippen LogP contribution in [-0.4, -0.2) is 18.4 Å². The molecular weight excluding hydrogens is 358 g/mol. The van der Waals surface area contributed by atoms with Crippen LogP contribution >= 0.6 is 16.8 Å². The van der Waals surface area contributed by atoms with E-state index in [1.165, 1.54) is 0 Å². The Kier molecular flexibility index (Phi) is 7.39. The third kappa shape index (κ3) is 4.15. The van der Waals surface area contributed by atoms with Crippen molar-refractivity contribution in [2.24, 2.45) is 0 Å². The first-order valence-electron chi connectivity index (χ1n) is 8.35. The predicted octanol–water partition coefficient (Wildman–Crippen LogP) is 3.40. The van der Waals surface area contributed by atoms with Crippen molar-refractivity contribution in [2.75, 3.05) is 6.61 Å². The van der Waals surface area contributed by atoms with E-state index in [1.54, 1.807) is 5.80 Å². The van der Waals surface area contributed by atoms with Gasteiger partial charge in [-0.25, -0.2) is 4.79 Å². The number of hydrogen-bond acceptors (Lipinski definition) is 2. The van der Waals surface area contributed by atoms with Crippen molar-refractivity contribution in [3.8, 4) is 0 Å². The van der Waals surface area contributed by atoms with Gasteiger partial charge in [0.2, 0.25) is 0 Å². The molecule has 0 aliphatic carbocycles. The molecule has 0 fully saturated rings. The molecule has 0 bridgehead atoms. The first-order valence-corrected chi connectivity index (χ1v) is 10.2. The van der Waals surface area contributed by atoms with Crippen LogP contribution in [0, 0.1) is 0 Å². The van der Waals surface area contributed by atoms with Crippen molar-refractivity contribution in [1.29, 1.82) is 0 Å². The van der Waals surface area contributed by atoms with E-state index in [-0.39, 0.29) is 15.9 Å². The zero-order valence-corrected chi connectivity index (χ0v) is 17.2. The van der Waals surface area contributed by atoms with Crippen LogP contribution in [0.25, 0.3) is 0 Å². The second kappa shape index (κ2) is 9.53. The largest absolute Gasteiger partial charge is 0.463 e. The Morgan fingerprint density at radius 2 is 1.12 bits per heavy atom. The van der Waals surface area contributed by atoms with Gasteiger partial charge in [0, 0.05) is 5.80 Å². The molecule has 134 valence electrons. The maximum atomic E-state index is 12.5. The summed E-state index contributed by atoms with van der Waals surface area (Å²) in [5.74, 6) is 1.53. The Hall–Kier alpha value is -2.14. The SMILES string of the molecule is CCOC(=O)C=P(c1ccccc1)(c1ccccc1)c1ccccc1.P. The van der Waals surface area contributed by atoms with Gasteiger partial charge in [-0.15, -0.1) is 0 Å². The second-order valence-corrected chi connectivity index (χ2v) is 8.86. The fourth-order valence-electron chi connectivity index (χ4n) is 3.00. The third-order valence-corrected chi connectivity index (χ3v) is 8.01. The minimum atomic E-state index is -2.24. The van der Waals surface area contributed by atoms with Crippen molar-refractivity contribution in [1.82, 2.24) is 0 Å². The Labute approximate surface area is 158 Å². The lowest BCUT2D eigenvalue weighted by atomic mass is 10.4. The standard InChI is InChI=1S/C22H21O2P.H3P/c1-2-24-22(23)18-25(19-12-6-3-7-13-19,20-14-8-4-9-15-20)21-16-10-5-11-17-21;/h3-18H,2H2,1H3;1H3. The van der Waals surface area contributed by atoms with Crippen LogP contribution in [-0.2, 0) is 9.53 Å². The zero-order valence-electron chi connectivity index (χ0n) is 14.9. The maximum Gasteiger partial charge on any atom is 0.331 e. The summed E-state index contributed by atoms with van der Waals surface area (Å²) >= 11 is 0. The highest BCUT2D eigenvalue weighted by Crippen LogP contribution is 2.43. The third-order valence-electron chi connectivity index (χ3n) is 4.08. The van der Waals surface area contributed by atoms with E-state index in [0.717, 1.165) is 15.9 Å². The molecule has 0 aliphatic rings. The second-order valence-electron chi connectivity index (χ2n) is 5.61. The summed E-state index contributed by atoms with van der Waals surface area (Å²) < 4.78 is 5.30. The predicted molar refractivity (Wildman–Crippen MR) is 119 cm³/mol. The molecule has 0 saturated heterocycles. The molecule has 0 saturated carbocycles. The molecule has 1 unspecified atom stereocenters. The van der Waals surface area contributed by atoms with Crippen LogP contribution in [0.2, 0.25) is 0 Å². The molecule has 0 aromatic heterocycles. The maximum absolute atomic E-state index is 12.5. The minimum Gasteiger partial charge on any atom is -0.463 e.